The molecule has 2 rings (SSSR count). The second kappa shape index (κ2) is 8.55. The monoisotopic (exact) mass is 343 g/mol. The molecule has 0 radical (unpaired) electrons. The fourth-order valence-corrected chi connectivity index (χ4v) is 3.17. The molecule has 0 unspecified atom stereocenters. The van der Waals surface area contributed by atoms with Gasteiger partial charge in [-0.1, -0.05) is 35.9 Å². The molecule has 2 aromatic carbocycles. The van der Waals surface area contributed by atoms with Gasteiger partial charge in [0.05, 0.1) is 24.1 Å². The zero-order chi connectivity index (χ0) is 17.5. The van der Waals surface area contributed by atoms with Crippen LogP contribution in [0.15, 0.2) is 42.5 Å². The number of thioether (sulfide) groups is 1. The SMILES string of the molecule is COC(=O)c1ccccc1NC(=O)CSCc1cc(C)ccc1C. The van der Waals surface area contributed by atoms with Gasteiger partial charge in [-0.15, -0.1) is 11.8 Å². The third kappa shape index (κ3) is 4.86. The quantitative estimate of drug-likeness (QED) is 0.807. The van der Waals surface area contributed by atoms with E-state index in [0.29, 0.717) is 17.0 Å². The number of benzene rings is 2. The number of amides is 1. The molecule has 0 fully saturated rings. The van der Waals surface area contributed by atoms with Gasteiger partial charge in [0.2, 0.25) is 5.91 Å². The van der Waals surface area contributed by atoms with E-state index in [-0.39, 0.29) is 5.91 Å². The summed E-state index contributed by atoms with van der Waals surface area (Å²) in [4.78, 5) is 23.8. The van der Waals surface area contributed by atoms with Gasteiger partial charge < -0.3 is 10.1 Å². The molecule has 0 aliphatic carbocycles. The van der Waals surface area contributed by atoms with Crippen molar-refractivity contribution in [3.8, 4) is 0 Å². The van der Waals surface area contributed by atoms with Gasteiger partial charge in [-0.05, 0) is 37.1 Å². The van der Waals surface area contributed by atoms with E-state index in [4.69, 9.17) is 4.74 Å². The van der Waals surface area contributed by atoms with Crippen molar-refractivity contribution in [1.82, 2.24) is 0 Å². The Balaban J connectivity index is 1.92. The van der Waals surface area contributed by atoms with E-state index >= 15 is 0 Å². The number of carbonyl (C=O) groups is 2. The summed E-state index contributed by atoms with van der Waals surface area (Å²) in [5.74, 6) is 0.498. The van der Waals surface area contributed by atoms with Crippen molar-refractivity contribution >= 4 is 29.3 Å². The first-order valence-electron chi connectivity index (χ1n) is 7.62. The van der Waals surface area contributed by atoms with Gasteiger partial charge in [0.1, 0.15) is 0 Å². The van der Waals surface area contributed by atoms with Crippen molar-refractivity contribution in [3.63, 3.8) is 0 Å². The summed E-state index contributed by atoms with van der Waals surface area (Å²) in [5.41, 5.74) is 4.51. The van der Waals surface area contributed by atoms with Crippen LogP contribution in [-0.2, 0) is 15.3 Å². The molecule has 0 heterocycles. The van der Waals surface area contributed by atoms with Crippen LogP contribution in [0.4, 0.5) is 5.69 Å². The first kappa shape index (κ1) is 18.1. The molecule has 4 nitrogen and oxygen atoms in total. The van der Waals surface area contributed by atoms with Gasteiger partial charge in [0, 0.05) is 5.75 Å². The van der Waals surface area contributed by atoms with Crippen LogP contribution in [0.2, 0.25) is 0 Å². The van der Waals surface area contributed by atoms with E-state index in [1.165, 1.54) is 23.8 Å². The lowest BCUT2D eigenvalue weighted by molar-refractivity contribution is -0.113. The average molecular weight is 343 g/mol. The first-order valence-corrected chi connectivity index (χ1v) is 8.78. The van der Waals surface area contributed by atoms with Crippen molar-refractivity contribution in [2.75, 3.05) is 18.2 Å². The summed E-state index contributed by atoms with van der Waals surface area (Å²) < 4.78 is 4.73. The zero-order valence-corrected chi connectivity index (χ0v) is 14.9. The summed E-state index contributed by atoms with van der Waals surface area (Å²) in [5, 5.41) is 2.78. The minimum absolute atomic E-state index is 0.137. The van der Waals surface area contributed by atoms with E-state index in [1.807, 2.05) is 0 Å². The number of para-hydroxylation sites is 1. The zero-order valence-electron chi connectivity index (χ0n) is 14.1. The number of esters is 1. The summed E-state index contributed by atoms with van der Waals surface area (Å²) in [6.45, 7) is 4.13. The molecule has 5 heteroatoms. The minimum Gasteiger partial charge on any atom is -0.465 e. The summed E-state index contributed by atoms with van der Waals surface area (Å²) in [7, 11) is 1.32. The number of hydrogen-bond donors (Lipinski definition) is 1. The van der Waals surface area contributed by atoms with E-state index in [2.05, 4.69) is 37.4 Å². The normalized spacial score (nSPS) is 10.3. The second-order valence-corrected chi connectivity index (χ2v) is 6.49. The van der Waals surface area contributed by atoms with Gasteiger partial charge >= 0.3 is 5.97 Å². The molecule has 0 bridgehead atoms. The van der Waals surface area contributed by atoms with Crippen molar-refractivity contribution < 1.29 is 14.3 Å². The number of nitrogens with one attached hydrogen (secondary N) is 1. The highest BCUT2D eigenvalue weighted by Gasteiger charge is 2.13. The third-order valence-electron chi connectivity index (χ3n) is 3.60. The number of rotatable bonds is 6. The minimum atomic E-state index is -0.464. The molecular formula is C19H21NO3S. The molecule has 126 valence electrons. The molecule has 2 aromatic rings. The van der Waals surface area contributed by atoms with Crippen LogP contribution in [0, 0.1) is 13.8 Å². The van der Waals surface area contributed by atoms with Gasteiger partial charge in [-0.3, -0.25) is 4.79 Å². The fraction of sp³-hybridized carbons (Fsp3) is 0.263. The Hall–Kier alpha value is -2.27. The Morgan fingerprint density at radius 3 is 2.62 bits per heavy atom. The highest BCUT2D eigenvalue weighted by atomic mass is 32.2. The first-order chi connectivity index (χ1) is 11.5. The number of ether oxygens (including phenoxy) is 1. The van der Waals surface area contributed by atoms with Crippen LogP contribution in [0.1, 0.15) is 27.0 Å². The predicted octanol–water partition coefficient (Wildman–Crippen LogP) is 3.96. The topological polar surface area (TPSA) is 55.4 Å². The van der Waals surface area contributed by atoms with Gasteiger partial charge in [0.25, 0.3) is 0 Å². The van der Waals surface area contributed by atoms with Crippen LogP contribution >= 0.6 is 11.8 Å². The lowest BCUT2D eigenvalue weighted by atomic mass is 10.1. The van der Waals surface area contributed by atoms with Crippen LogP contribution in [0.25, 0.3) is 0 Å². The standard InChI is InChI=1S/C19H21NO3S/c1-13-8-9-14(2)15(10-13)11-24-12-18(21)20-17-7-5-4-6-16(17)19(22)23-3/h4-10H,11-12H2,1-3H3,(H,20,21). The van der Waals surface area contributed by atoms with Crippen molar-refractivity contribution in [3.05, 3.63) is 64.7 Å². The van der Waals surface area contributed by atoms with Crippen molar-refractivity contribution in [2.24, 2.45) is 0 Å². The van der Waals surface area contributed by atoms with Crippen LogP contribution in [-0.4, -0.2) is 24.7 Å². The van der Waals surface area contributed by atoms with Crippen molar-refractivity contribution in [2.45, 2.75) is 19.6 Å². The summed E-state index contributed by atoms with van der Waals surface area (Å²) in [6, 6.07) is 13.2. The second-order valence-electron chi connectivity index (χ2n) is 5.51. The predicted molar refractivity (Wildman–Crippen MR) is 98.5 cm³/mol. The van der Waals surface area contributed by atoms with Gasteiger partial charge in [-0.2, -0.15) is 0 Å². The molecule has 1 amide bonds. The number of carbonyl (C=O) groups excluding carboxylic acids is 2. The van der Waals surface area contributed by atoms with E-state index in [0.717, 1.165) is 5.75 Å². The molecule has 24 heavy (non-hydrogen) atoms. The lowest BCUT2D eigenvalue weighted by Gasteiger charge is -2.10. The number of methoxy groups -OCH3 is 1. The maximum absolute atomic E-state index is 12.1. The molecule has 0 aromatic heterocycles. The van der Waals surface area contributed by atoms with Crippen LogP contribution in [0.5, 0.6) is 0 Å². The Morgan fingerprint density at radius 2 is 1.88 bits per heavy atom. The molecular weight excluding hydrogens is 322 g/mol. The van der Waals surface area contributed by atoms with Gasteiger partial charge in [0.15, 0.2) is 0 Å². The smallest absolute Gasteiger partial charge is 0.339 e. The van der Waals surface area contributed by atoms with Crippen LogP contribution in [0.3, 0.4) is 0 Å². The van der Waals surface area contributed by atoms with Gasteiger partial charge in [-0.25, -0.2) is 4.79 Å². The molecule has 0 saturated heterocycles. The van der Waals surface area contributed by atoms with Crippen molar-refractivity contribution in [1.29, 1.82) is 0 Å². The molecule has 0 atom stereocenters. The Morgan fingerprint density at radius 1 is 1.12 bits per heavy atom. The van der Waals surface area contributed by atoms with Crippen LogP contribution < -0.4 is 5.32 Å². The summed E-state index contributed by atoms with van der Waals surface area (Å²) in [6.07, 6.45) is 0. The summed E-state index contributed by atoms with van der Waals surface area (Å²) >= 11 is 1.55. The number of aryl methyl sites for hydroxylation is 2. The van der Waals surface area contributed by atoms with E-state index in [9.17, 15) is 9.59 Å². The molecule has 0 aliphatic rings. The maximum atomic E-state index is 12.1. The molecule has 0 spiro atoms. The number of hydrogen-bond acceptors (Lipinski definition) is 4. The Bertz CT molecular complexity index is 743. The molecule has 1 N–H and O–H groups in total. The number of anilines is 1. The van der Waals surface area contributed by atoms with E-state index < -0.39 is 5.97 Å². The lowest BCUT2D eigenvalue weighted by Crippen LogP contribution is -2.17. The highest BCUT2D eigenvalue weighted by Crippen LogP contribution is 2.19. The fourth-order valence-electron chi connectivity index (χ4n) is 2.28. The molecule has 0 saturated carbocycles. The third-order valence-corrected chi connectivity index (χ3v) is 4.58. The largest absolute Gasteiger partial charge is 0.465 e. The average Bonchev–Trinajstić information content (AvgIpc) is 2.57. The maximum Gasteiger partial charge on any atom is 0.339 e. The van der Waals surface area contributed by atoms with E-state index in [1.54, 1.807) is 36.0 Å². The Labute approximate surface area is 146 Å². The Kier molecular flexibility index (Phi) is 6.44. The highest BCUT2D eigenvalue weighted by molar-refractivity contribution is 7.99. The molecule has 0 aliphatic heterocycles.